The average molecular weight is 225 g/mol. The van der Waals surface area contributed by atoms with Gasteiger partial charge in [0.05, 0.1) is 4.88 Å². The van der Waals surface area contributed by atoms with Gasteiger partial charge < -0.3 is 5.11 Å². The van der Waals surface area contributed by atoms with Crippen LogP contribution in [0.2, 0.25) is 5.02 Å². The summed E-state index contributed by atoms with van der Waals surface area (Å²) in [6.45, 7) is 0. The summed E-state index contributed by atoms with van der Waals surface area (Å²) < 4.78 is 0. The normalized spacial score (nSPS) is 10.4. The maximum atomic E-state index is 9.45. The second-order valence-corrected chi connectivity index (χ2v) is 4.47. The molecule has 0 aliphatic carbocycles. The molecule has 0 amide bonds. The van der Waals surface area contributed by atoms with E-state index in [2.05, 4.69) is 0 Å². The topological polar surface area (TPSA) is 20.2 Å². The number of hydrogen-bond acceptors (Lipinski definition) is 2. The van der Waals surface area contributed by atoms with E-state index >= 15 is 0 Å². The van der Waals surface area contributed by atoms with Crippen molar-refractivity contribution >= 4 is 22.9 Å². The summed E-state index contributed by atoms with van der Waals surface area (Å²) in [4.78, 5) is 0.993. The van der Waals surface area contributed by atoms with Gasteiger partial charge in [0.15, 0.2) is 0 Å². The first kappa shape index (κ1) is 9.56. The van der Waals surface area contributed by atoms with Gasteiger partial charge in [-0.2, -0.15) is 0 Å². The highest BCUT2D eigenvalue weighted by Crippen LogP contribution is 2.26. The van der Waals surface area contributed by atoms with Gasteiger partial charge in [0.1, 0.15) is 5.75 Å². The molecule has 0 bridgehead atoms. The molecule has 0 saturated carbocycles. The average Bonchev–Trinajstić information content (AvgIpc) is 2.56. The monoisotopic (exact) mass is 224 g/mol. The first-order valence-corrected chi connectivity index (χ1v) is 5.51. The van der Waals surface area contributed by atoms with Crippen LogP contribution in [0.3, 0.4) is 0 Å². The number of thiophene rings is 1. The van der Waals surface area contributed by atoms with Crippen LogP contribution >= 0.6 is 22.9 Å². The van der Waals surface area contributed by atoms with Crippen LogP contribution in [0, 0.1) is 0 Å². The van der Waals surface area contributed by atoms with Crippen molar-refractivity contribution in [3.63, 3.8) is 0 Å². The maximum absolute atomic E-state index is 9.45. The maximum Gasteiger partial charge on any atom is 0.129 e. The minimum atomic E-state index is 0.380. The van der Waals surface area contributed by atoms with Crippen molar-refractivity contribution in [2.45, 2.75) is 6.42 Å². The first-order valence-electron chi connectivity index (χ1n) is 4.25. The predicted octanol–water partition coefficient (Wildman–Crippen LogP) is 3.70. The second-order valence-electron chi connectivity index (χ2n) is 3.03. The van der Waals surface area contributed by atoms with Crippen LogP contribution in [0.25, 0.3) is 0 Å². The Labute approximate surface area is 91.6 Å². The molecule has 1 heterocycles. The summed E-state index contributed by atoms with van der Waals surface area (Å²) in [5, 5.41) is 12.1. The van der Waals surface area contributed by atoms with Crippen molar-refractivity contribution in [1.82, 2.24) is 0 Å². The Morgan fingerprint density at radius 2 is 1.86 bits per heavy atom. The Hall–Kier alpha value is -0.990. The zero-order valence-electron chi connectivity index (χ0n) is 7.40. The molecule has 1 N–H and O–H groups in total. The number of aromatic hydroxyl groups is 1. The summed E-state index contributed by atoms with van der Waals surface area (Å²) in [5.41, 5.74) is 1.16. The lowest BCUT2D eigenvalue weighted by atomic mass is 10.1. The van der Waals surface area contributed by atoms with Gasteiger partial charge >= 0.3 is 0 Å². The standard InChI is InChI=1S/C11H9ClOS/c12-9-3-1-8(2-4-9)7-11-10(13)5-6-14-11/h1-6,13H,7H2. The van der Waals surface area contributed by atoms with Crippen LogP contribution < -0.4 is 0 Å². The largest absolute Gasteiger partial charge is 0.507 e. The Kier molecular flexibility index (Phi) is 2.75. The molecule has 0 fully saturated rings. The molecule has 1 aromatic heterocycles. The lowest BCUT2D eigenvalue weighted by Gasteiger charge is -1.99. The molecule has 0 aliphatic heterocycles. The van der Waals surface area contributed by atoms with Crippen molar-refractivity contribution in [2.24, 2.45) is 0 Å². The molecule has 2 rings (SSSR count). The minimum absolute atomic E-state index is 0.380. The Morgan fingerprint density at radius 3 is 2.43 bits per heavy atom. The predicted molar refractivity (Wildman–Crippen MR) is 60.2 cm³/mol. The summed E-state index contributed by atoms with van der Waals surface area (Å²) in [5.74, 6) is 0.380. The highest BCUT2D eigenvalue weighted by Gasteiger charge is 2.03. The van der Waals surface area contributed by atoms with Gasteiger partial charge in [0.25, 0.3) is 0 Å². The zero-order chi connectivity index (χ0) is 9.97. The molecule has 1 aromatic carbocycles. The summed E-state index contributed by atoms with van der Waals surface area (Å²) in [6, 6.07) is 9.39. The number of halogens is 1. The second kappa shape index (κ2) is 4.03. The number of benzene rings is 1. The molecule has 0 unspecified atom stereocenters. The van der Waals surface area contributed by atoms with Gasteiger partial charge in [-0.05, 0) is 29.1 Å². The lowest BCUT2D eigenvalue weighted by Crippen LogP contribution is -1.83. The van der Waals surface area contributed by atoms with Gasteiger partial charge in [-0.1, -0.05) is 23.7 Å². The van der Waals surface area contributed by atoms with E-state index in [1.54, 1.807) is 17.4 Å². The highest BCUT2D eigenvalue weighted by molar-refractivity contribution is 7.10. The van der Waals surface area contributed by atoms with Crippen LogP contribution in [-0.4, -0.2) is 5.11 Å². The number of rotatable bonds is 2. The molecular weight excluding hydrogens is 216 g/mol. The summed E-state index contributed by atoms with van der Waals surface area (Å²) in [7, 11) is 0. The van der Waals surface area contributed by atoms with Gasteiger partial charge in [-0.25, -0.2) is 0 Å². The van der Waals surface area contributed by atoms with Crippen molar-refractivity contribution in [1.29, 1.82) is 0 Å². The fourth-order valence-corrected chi connectivity index (χ4v) is 2.18. The fraction of sp³-hybridized carbons (Fsp3) is 0.0909. The van der Waals surface area contributed by atoms with Crippen LogP contribution in [0.5, 0.6) is 5.75 Å². The molecule has 0 saturated heterocycles. The molecule has 3 heteroatoms. The van der Waals surface area contributed by atoms with E-state index in [1.165, 1.54) is 0 Å². The van der Waals surface area contributed by atoms with E-state index in [-0.39, 0.29) is 0 Å². The quantitative estimate of drug-likeness (QED) is 0.825. The van der Waals surface area contributed by atoms with Crippen LogP contribution in [-0.2, 0) is 6.42 Å². The molecular formula is C11H9ClOS. The van der Waals surface area contributed by atoms with E-state index in [1.807, 2.05) is 29.6 Å². The van der Waals surface area contributed by atoms with Crippen molar-refractivity contribution in [2.75, 3.05) is 0 Å². The first-order chi connectivity index (χ1) is 6.75. The third-order valence-electron chi connectivity index (χ3n) is 2.00. The SMILES string of the molecule is Oc1ccsc1Cc1ccc(Cl)cc1. The Morgan fingerprint density at radius 1 is 1.14 bits per heavy atom. The van der Waals surface area contributed by atoms with Gasteiger partial charge in [-0.15, -0.1) is 11.3 Å². The minimum Gasteiger partial charge on any atom is -0.507 e. The Balaban J connectivity index is 2.19. The van der Waals surface area contributed by atoms with Crippen LogP contribution in [0.4, 0.5) is 0 Å². The van der Waals surface area contributed by atoms with Crippen LogP contribution in [0.15, 0.2) is 35.7 Å². The molecule has 72 valence electrons. The van der Waals surface area contributed by atoms with E-state index < -0.39 is 0 Å². The molecule has 0 aliphatic rings. The summed E-state index contributed by atoms with van der Waals surface area (Å²) >= 11 is 7.34. The molecule has 0 spiro atoms. The van der Waals surface area contributed by atoms with Gasteiger partial charge in [-0.3, -0.25) is 0 Å². The molecule has 2 aromatic rings. The van der Waals surface area contributed by atoms with E-state index in [0.29, 0.717) is 5.75 Å². The van der Waals surface area contributed by atoms with E-state index in [9.17, 15) is 5.11 Å². The van der Waals surface area contributed by atoms with E-state index in [4.69, 9.17) is 11.6 Å². The van der Waals surface area contributed by atoms with Gasteiger partial charge in [0.2, 0.25) is 0 Å². The number of hydrogen-bond donors (Lipinski definition) is 1. The highest BCUT2D eigenvalue weighted by atomic mass is 35.5. The third-order valence-corrected chi connectivity index (χ3v) is 3.16. The lowest BCUT2D eigenvalue weighted by molar-refractivity contribution is 0.473. The van der Waals surface area contributed by atoms with E-state index in [0.717, 1.165) is 21.9 Å². The Bertz CT molecular complexity index is 419. The van der Waals surface area contributed by atoms with Crippen molar-refractivity contribution < 1.29 is 5.11 Å². The third kappa shape index (κ3) is 2.08. The molecule has 0 atom stereocenters. The van der Waals surface area contributed by atoms with Crippen molar-refractivity contribution in [3.8, 4) is 5.75 Å². The molecule has 1 nitrogen and oxygen atoms in total. The fourth-order valence-electron chi connectivity index (χ4n) is 1.25. The summed E-state index contributed by atoms with van der Waals surface area (Å²) in [6.07, 6.45) is 0.765. The van der Waals surface area contributed by atoms with Crippen LogP contribution in [0.1, 0.15) is 10.4 Å². The smallest absolute Gasteiger partial charge is 0.129 e. The van der Waals surface area contributed by atoms with Crippen molar-refractivity contribution in [3.05, 3.63) is 51.2 Å². The zero-order valence-corrected chi connectivity index (χ0v) is 8.98. The van der Waals surface area contributed by atoms with Gasteiger partial charge in [0, 0.05) is 11.4 Å². The molecule has 14 heavy (non-hydrogen) atoms. The molecule has 0 radical (unpaired) electrons.